The summed E-state index contributed by atoms with van der Waals surface area (Å²) in [6, 6.07) is 11.4. The monoisotopic (exact) mass is 481 g/mol. The largest absolute Gasteiger partial charge is 0.497 e. The third-order valence-corrected chi connectivity index (χ3v) is 6.09. The highest BCUT2D eigenvalue weighted by Crippen LogP contribution is 2.33. The Morgan fingerprint density at radius 2 is 1.81 bits per heavy atom. The summed E-state index contributed by atoms with van der Waals surface area (Å²) >= 11 is 1.57. The minimum absolute atomic E-state index is 0.296. The zero-order valence-corrected chi connectivity index (χ0v) is 19.0. The molecule has 0 aliphatic heterocycles. The number of thioether (sulfide) groups is 2. The van der Waals surface area contributed by atoms with Gasteiger partial charge in [0.1, 0.15) is 11.5 Å². The normalized spacial score (nSPS) is 11.9. The van der Waals surface area contributed by atoms with Crippen LogP contribution in [-0.4, -0.2) is 46.0 Å². The SMILES string of the molecule is COc1ccc(-c2nnc(SC(C)C(=O)Nc3ccc(SC(F)F)cc3)n2N)c(OC)c1. The number of ether oxygens (including phenoxy) is 2. The average molecular weight is 482 g/mol. The zero-order valence-electron chi connectivity index (χ0n) is 17.4. The van der Waals surface area contributed by atoms with E-state index in [1.807, 2.05) is 0 Å². The molecule has 0 aliphatic carbocycles. The fourth-order valence-corrected chi connectivity index (χ4v) is 3.97. The second-order valence-electron chi connectivity index (χ2n) is 6.39. The van der Waals surface area contributed by atoms with Crippen LogP contribution in [0.2, 0.25) is 0 Å². The molecular weight excluding hydrogens is 460 g/mol. The van der Waals surface area contributed by atoms with E-state index < -0.39 is 11.0 Å². The van der Waals surface area contributed by atoms with Crippen molar-refractivity contribution in [3.8, 4) is 22.9 Å². The van der Waals surface area contributed by atoms with E-state index in [-0.39, 0.29) is 5.91 Å². The van der Waals surface area contributed by atoms with Crippen LogP contribution in [0.3, 0.4) is 0 Å². The zero-order chi connectivity index (χ0) is 23.3. The van der Waals surface area contributed by atoms with Crippen LogP contribution in [0.25, 0.3) is 11.4 Å². The van der Waals surface area contributed by atoms with Gasteiger partial charge in [0.15, 0.2) is 5.82 Å². The number of nitrogen functional groups attached to an aromatic ring is 1. The third-order valence-electron chi connectivity index (χ3n) is 4.31. The number of methoxy groups -OCH3 is 2. The number of carbonyl (C=O) groups is 1. The maximum Gasteiger partial charge on any atom is 0.288 e. The first-order valence-electron chi connectivity index (χ1n) is 9.27. The number of benzene rings is 2. The molecule has 1 unspecified atom stereocenters. The van der Waals surface area contributed by atoms with Gasteiger partial charge in [-0.1, -0.05) is 23.5 Å². The minimum atomic E-state index is -2.50. The molecule has 8 nitrogen and oxygen atoms in total. The Morgan fingerprint density at radius 3 is 2.44 bits per heavy atom. The Balaban J connectivity index is 1.69. The number of rotatable bonds is 9. The van der Waals surface area contributed by atoms with E-state index in [9.17, 15) is 13.6 Å². The summed E-state index contributed by atoms with van der Waals surface area (Å²) in [5.74, 6) is 4.88. The number of aromatic nitrogens is 3. The highest BCUT2D eigenvalue weighted by molar-refractivity contribution is 8.00. The first-order chi connectivity index (χ1) is 15.3. The van der Waals surface area contributed by atoms with Crippen LogP contribution in [0.1, 0.15) is 6.92 Å². The van der Waals surface area contributed by atoms with Crippen LogP contribution in [0.4, 0.5) is 14.5 Å². The lowest BCUT2D eigenvalue weighted by Crippen LogP contribution is -2.23. The molecule has 3 aromatic rings. The Morgan fingerprint density at radius 1 is 1.09 bits per heavy atom. The summed E-state index contributed by atoms with van der Waals surface area (Å²) < 4.78 is 36.7. The Bertz CT molecular complexity index is 1080. The van der Waals surface area contributed by atoms with Gasteiger partial charge in [-0.15, -0.1) is 10.2 Å². The first-order valence-corrected chi connectivity index (χ1v) is 11.0. The Kier molecular flexibility index (Phi) is 7.80. The third kappa shape index (κ3) is 5.62. The Labute approximate surface area is 191 Å². The highest BCUT2D eigenvalue weighted by atomic mass is 32.2. The van der Waals surface area contributed by atoms with Gasteiger partial charge in [0, 0.05) is 16.6 Å². The summed E-state index contributed by atoms with van der Waals surface area (Å²) in [6.07, 6.45) is 0. The highest BCUT2D eigenvalue weighted by Gasteiger charge is 2.22. The van der Waals surface area contributed by atoms with Gasteiger partial charge in [-0.25, -0.2) is 4.68 Å². The van der Waals surface area contributed by atoms with Gasteiger partial charge in [-0.05, 0) is 43.3 Å². The first kappa shape index (κ1) is 23.7. The average Bonchev–Trinajstić information content (AvgIpc) is 3.13. The number of alkyl halides is 2. The quantitative estimate of drug-likeness (QED) is 0.348. The summed E-state index contributed by atoms with van der Waals surface area (Å²) in [5.41, 5.74) is 1.12. The number of amides is 1. The van der Waals surface area contributed by atoms with Crippen molar-refractivity contribution in [3.63, 3.8) is 0 Å². The van der Waals surface area contributed by atoms with Gasteiger partial charge >= 0.3 is 0 Å². The van der Waals surface area contributed by atoms with Crippen LogP contribution < -0.4 is 20.6 Å². The summed E-state index contributed by atoms with van der Waals surface area (Å²) in [4.78, 5) is 13.0. The van der Waals surface area contributed by atoms with Crippen LogP contribution in [0, 0.1) is 0 Å². The van der Waals surface area contributed by atoms with Crippen molar-refractivity contribution in [1.29, 1.82) is 0 Å². The van der Waals surface area contributed by atoms with E-state index in [4.69, 9.17) is 15.3 Å². The number of hydrogen-bond acceptors (Lipinski definition) is 8. The fraction of sp³-hybridized carbons (Fsp3) is 0.250. The smallest absolute Gasteiger partial charge is 0.288 e. The van der Waals surface area contributed by atoms with Crippen molar-refractivity contribution in [3.05, 3.63) is 42.5 Å². The fourth-order valence-electron chi connectivity index (χ4n) is 2.70. The molecule has 0 saturated carbocycles. The van der Waals surface area contributed by atoms with Crippen molar-refractivity contribution >= 4 is 35.1 Å². The molecule has 3 rings (SSSR count). The van der Waals surface area contributed by atoms with Crippen molar-refractivity contribution in [2.45, 2.75) is 28.0 Å². The summed E-state index contributed by atoms with van der Waals surface area (Å²) in [7, 11) is 3.08. The second kappa shape index (κ2) is 10.6. The van der Waals surface area contributed by atoms with E-state index in [0.29, 0.717) is 50.4 Å². The van der Waals surface area contributed by atoms with Crippen LogP contribution in [0.5, 0.6) is 11.5 Å². The number of nitrogens with one attached hydrogen (secondary N) is 1. The molecule has 0 fully saturated rings. The van der Waals surface area contributed by atoms with Gasteiger partial charge in [0.05, 0.1) is 25.0 Å². The summed E-state index contributed by atoms with van der Waals surface area (Å²) in [5, 5.41) is 10.7. The van der Waals surface area contributed by atoms with E-state index in [1.165, 1.54) is 23.9 Å². The molecule has 1 heterocycles. The van der Waals surface area contributed by atoms with Gasteiger partial charge < -0.3 is 20.6 Å². The molecule has 1 aromatic heterocycles. The molecule has 0 aliphatic rings. The minimum Gasteiger partial charge on any atom is -0.497 e. The molecule has 170 valence electrons. The molecule has 3 N–H and O–H groups in total. The van der Waals surface area contributed by atoms with E-state index >= 15 is 0 Å². The van der Waals surface area contributed by atoms with Gasteiger partial charge in [-0.2, -0.15) is 8.78 Å². The second-order valence-corrected chi connectivity index (χ2v) is 8.77. The number of nitrogens with zero attached hydrogens (tertiary/aromatic N) is 3. The summed E-state index contributed by atoms with van der Waals surface area (Å²) in [6.45, 7) is 1.70. The molecule has 2 aromatic carbocycles. The molecule has 0 saturated heterocycles. The van der Waals surface area contributed by atoms with Gasteiger partial charge in [-0.3, -0.25) is 4.79 Å². The molecule has 0 bridgehead atoms. The predicted octanol–water partition coefficient (Wildman–Crippen LogP) is 4.11. The molecule has 12 heteroatoms. The lowest BCUT2D eigenvalue weighted by molar-refractivity contribution is -0.115. The van der Waals surface area contributed by atoms with Crippen LogP contribution in [-0.2, 0) is 4.79 Å². The number of halogens is 2. The van der Waals surface area contributed by atoms with Gasteiger partial charge in [0.25, 0.3) is 5.76 Å². The Hall–Kier alpha value is -2.99. The van der Waals surface area contributed by atoms with Crippen molar-refractivity contribution < 1.29 is 23.0 Å². The molecule has 1 amide bonds. The van der Waals surface area contributed by atoms with Gasteiger partial charge in [0.2, 0.25) is 11.1 Å². The maximum absolute atomic E-state index is 12.5. The van der Waals surface area contributed by atoms with E-state index in [0.717, 1.165) is 11.8 Å². The predicted molar refractivity (Wildman–Crippen MR) is 121 cm³/mol. The molecular formula is C20H21F2N5O3S2. The number of nitrogens with two attached hydrogens (primary N) is 1. The van der Waals surface area contributed by atoms with E-state index in [1.54, 1.807) is 44.4 Å². The van der Waals surface area contributed by atoms with Crippen LogP contribution in [0.15, 0.2) is 52.5 Å². The maximum atomic E-state index is 12.5. The van der Waals surface area contributed by atoms with Crippen LogP contribution >= 0.6 is 23.5 Å². The topological polar surface area (TPSA) is 104 Å². The van der Waals surface area contributed by atoms with Crippen molar-refractivity contribution in [2.24, 2.45) is 0 Å². The molecule has 0 spiro atoms. The number of carbonyl (C=O) groups excluding carboxylic acids is 1. The molecule has 32 heavy (non-hydrogen) atoms. The lowest BCUT2D eigenvalue weighted by Gasteiger charge is -2.12. The molecule has 1 atom stereocenters. The standard InChI is InChI=1S/C20H21F2N5O3S2/c1-11(18(28)24-12-4-7-14(8-5-12)32-19(21)22)31-20-26-25-17(27(20)23)15-9-6-13(29-2)10-16(15)30-3/h4-11,19H,23H2,1-3H3,(H,24,28). The lowest BCUT2D eigenvalue weighted by atomic mass is 10.2. The van der Waals surface area contributed by atoms with Crippen molar-refractivity contribution in [2.75, 3.05) is 25.4 Å². The van der Waals surface area contributed by atoms with E-state index in [2.05, 4.69) is 15.5 Å². The number of hydrogen-bond donors (Lipinski definition) is 2. The van der Waals surface area contributed by atoms with Crippen molar-refractivity contribution in [1.82, 2.24) is 14.9 Å². The molecule has 0 radical (unpaired) electrons. The number of anilines is 1.